The summed E-state index contributed by atoms with van der Waals surface area (Å²) in [4.78, 5) is 22.3. The number of halogens is 1. The highest BCUT2D eigenvalue weighted by molar-refractivity contribution is 9.10. The van der Waals surface area contributed by atoms with Gasteiger partial charge in [-0.15, -0.1) is 23.1 Å². The second kappa shape index (κ2) is 8.21. The molecule has 0 saturated carbocycles. The Labute approximate surface area is 173 Å². The highest BCUT2D eigenvalue weighted by Gasteiger charge is 2.10. The fraction of sp³-hybridized carbons (Fsp3) is 0.0500. The number of carbonyl (C=O) groups is 1. The molecule has 0 radical (unpaired) electrons. The Morgan fingerprint density at radius 3 is 2.89 bits per heavy atom. The van der Waals surface area contributed by atoms with Crippen molar-refractivity contribution in [2.45, 2.75) is 4.90 Å². The molecule has 4 nitrogen and oxygen atoms in total. The lowest BCUT2D eigenvalue weighted by atomic mass is 10.2. The Hall–Kier alpha value is -2.22. The molecule has 2 aromatic carbocycles. The van der Waals surface area contributed by atoms with Crippen LogP contribution in [0.3, 0.4) is 0 Å². The van der Waals surface area contributed by atoms with Crippen LogP contribution < -0.4 is 5.32 Å². The van der Waals surface area contributed by atoms with Crippen molar-refractivity contribution in [1.29, 1.82) is 0 Å². The lowest BCUT2D eigenvalue weighted by molar-refractivity contribution is -0.113. The molecule has 0 unspecified atom stereocenters. The van der Waals surface area contributed by atoms with Gasteiger partial charge in [0.25, 0.3) is 0 Å². The summed E-state index contributed by atoms with van der Waals surface area (Å²) in [5.74, 6) is 0.227. The molecule has 1 amide bonds. The number of nitrogens with one attached hydrogen (secondary N) is 1. The number of nitrogens with zero attached hydrogens (tertiary/aromatic N) is 2. The van der Waals surface area contributed by atoms with E-state index in [0.717, 1.165) is 31.5 Å². The molecule has 7 heteroatoms. The predicted octanol–water partition coefficient (Wildman–Crippen LogP) is 5.85. The maximum atomic E-state index is 12.3. The van der Waals surface area contributed by atoms with E-state index in [9.17, 15) is 4.79 Å². The van der Waals surface area contributed by atoms with Crippen LogP contribution in [0.2, 0.25) is 0 Å². The van der Waals surface area contributed by atoms with E-state index in [0.29, 0.717) is 10.9 Å². The van der Waals surface area contributed by atoms with E-state index in [4.69, 9.17) is 0 Å². The molecule has 0 aliphatic heterocycles. The first-order valence-corrected chi connectivity index (χ1v) is 10.8. The third-order valence-corrected chi connectivity index (χ3v) is 6.12. The van der Waals surface area contributed by atoms with Gasteiger partial charge < -0.3 is 5.32 Å². The average molecular weight is 456 g/mol. The minimum Gasteiger partial charge on any atom is -0.301 e. The molecule has 1 N–H and O–H groups in total. The highest BCUT2D eigenvalue weighted by atomic mass is 79.9. The van der Waals surface area contributed by atoms with Gasteiger partial charge in [0.05, 0.1) is 17.0 Å². The van der Waals surface area contributed by atoms with Crippen LogP contribution in [-0.4, -0.2) is 21.6 Å². The molecule has 27 heavy (non-hydrogen) atoms. The van der Waals surface area contributed by atoms with Gasteiger partial charge in [0.2, 0.25) is 5.91 Å². The summed E-state index contributed by atoms with van der Waals surface area (Å²) in [6.45, 7) is 0. The molecule has 0 aliphatic carbocycles. The number of thioether (sulfide) groups is 1. The van der Waals surface area contributed by atoms with Crippen LogP contribution in [0, 0.1) is 0 Å². The number of anilines is 1. The molecule has 4 aromatic rings. The molecule has 0 atom stereocenters. The molecule has 0 fully saturated rings. The first kappa shape index (κ1) is 18.2. The zero-order valence-corrected chi connectivity index (χ0v) is 17.3. The van der Waals surface area contributed by atoms with Gasteiger partial charge in [0.15, 0.2) is 5.13 Å². The van der Waals surface area contributed by atoms with Gasteiger partial charge in [0.1, 0.15) is 0 Å². The Bertz CT molecular complexity index is 1110. The fourth-order valence-electron chi connectivity index (χ4n) is 2.60. The summed E-state index contributed by atoms with van der Waals surface area (Å²) in [6, 6.07) is 17.9. The number of aromatic nitrogens is 2. The highest BCUT2D eigenvalue weighted by Crippen LogP contribution is 2.28. The molecular formula is C20H14BrN3OS2. The summed E-state index contributed by atoms with van der Waals surface area (Å²) in [5, 5.41) is 6.50. The number of carbonyl (C=O) groups excluding carboxylic acids is 1. The average Bonchev–Trinajstić information content (AvgIpc) is 3.15. The number of rotatable bonds is 5. The van der Waals surface area contributed by atoms with Crippen molar-refractivity contribution in [1.82, 2.24) is 9.97 Å². The van der Waals surface area contributed by atoms with Gasteiger partial charge in [-0.2, -0.15) is 0 Å². The lowest BCUT2D eigenvalue weighted by Gasteiger charge is -2.05. The van der Waals surface area contributed by atoms with Crippen LogP contribution in [0.1, 0.15) is 0 Å². The fourth-order valence-corrected chi connectivity index (χ4v) is 4.58. The summed E-state index contributed by atoms with van der Waals surface area (Å²) in [5.41, 5.74) is 2.78. The molecule has 0 aliphatic rings. The van der Waals surface area contributed by atoms with Crippen LogP contribution in [0.25, 0.3) is 22.2 Å². The van der Waals surface area contributed by atoms with E-state index in [1.54, 1.807) is 6.20 Å². The standard InChI is InChI=1S/C20H14BrN3OS2/c21-15-7-1-5-14(10-15)16-11-27-20(23-16)24-18(25)12-26-17-8-2-4-13-6-3-9-22-19(13)17/h1-11H,12H2,(H,23,24,25). The minimum atomic E-state index is -0.0805. The Balaban J connectivity index is 1.41. The van der Waals surface area contributed by atoms with E-state index in [1.807, 2.05) is 60.0 Å². The van der Waals surface area contributed by atoms with E-state index < -0.39 is 0 Å². The molecule has 4 rings (SSSR count). The van der Waals surface area contributed by atoms with Crippen LogP contribution in [0.4, 0.5) is 5.13 Å². The molecular weight excluding hydrogens is 442 g/mol. The molecule has 0 saturated heterocycles. The smallest absolute Gasteiger partial charge is 0.236 e. The zero-order chi connectivity index (χ0) is 18.6. The number of hydrogen-bond acceptors (Lipinski definition) is 5. The number of para-hydroxylation sites is 1. The van der Waals surface area contributed by atoms with Crippen molar-refractivity contribution < 1.29 is 4.79 Å². The van der Waals surface area contributed by atoms with Crippen molar-refractivity contribution in [3.8, 4) is 11.3 Å². The number of hydrogen-bond donors (Lipinski definition) is 1. The maximum absolute atomic E-state index is 12.3. The number of pyridine rings is 1. The first-order chi connectivity index (χ1) is 13.2. The summed E-state index contributed by atoms with van der Waals surface area (Å²) in [7, 11) is 0. The van der Waals surface area contributed by atoms with Crippen molar-refractivity contribution >= 4 is 61.0 Å². The number of benzene rings is 2. The zero-order valence-electron chi connectivity index (χ0n) is 14.1. The van der Waals surface area contributed by atoms with Crippen molar-refractivity contribution in [3.63, 3.8) is 0 Å². The lowest BCUT2D eigenvalue weighted by Crippen LogP contribution is -2.13. The van der Waals surface area contributed by atoms with Crippen molar-refractivity contribution in [3.05, 3.63) is 70.6 Å². The second-order valence-corrected chi connectivity index (χ2v) is 8.51. The summed E-state index contributed by atoms with van der Waals surface area (Å²) >= 11 is 6.37. The van der Waals surface area contributed by atoms with E-state index in [2.05, 4.69) is 31.2 Å². The summed E-state index contributed by atoms with van der Waals surface area (Å²) < 4.78 is 0.999. The number of thiazole rings is 1. The van der Waals surface area contributed by atoms with E-state index in [-0.39, 0.29) is 5.91 Å². The molecule has 2 aromatic heterocycles. The molecule has 0 bridgehead atoms. The van der Waals surface area contributed by atoms with Gasteiger partial charge in [0, 0.05) is 31.9 Å². The molecule has 2 heterocycles. The van der Waals surface area contributed by atoms with Crippen LogP contribution >= 0.6 is 39.0 Å². The minimum absolute atomic E-state index is 0.0805. The first-order valence-electron chi connectivity index (χ1n) is 8.17. The van der Waals surface area contributed by atoms with Gasteiger partial charge in [-0.25, -0.2) is 4.98 Å². The quantitative estimate of drug-likeness (QED) is 0.383. The third-order valence-electron chi connectivity index (χ3n) is 3.83. The number of fused-ring (bicyclic) bond motifs is 1. The predicted molar refractivity (Wildman–Crippen MR) is 116 cm³/mol. The van der Waals surface area contributed by atoms with Crippen LogP contribution in [0.5, 0.6) is 0 Å². The van der Waals surface area contributed by atoms with Gasteiger partial charge in [-0.1, -0.05) is 46.3 Å². The van der Waals surface area contributed by atoms with Gasteiger partial charge >= 0.3 is 0 Å². The topological polar surface area (TPSA) is 54.9 Å². The Morgan fingerprint density at radius 1 is 1.15 bits per heavy atom. The normalized spacial score (nSPS) is 10.9. The van der Waals surface area contributed by atoms with Gasteiger partial charge in [-0.3, -0.25) is 9.78 Å². The maximum Gasteiger partial charge on any atom is 0.236 e. The second-order valence-electron chi connectivity index (χ2n) is 5.72. The third kappa shape index (κ3) is 4.37. The van der Waals surface area contributed by atoms with E-state index >= 15 is 0 Å². The summed E-state index contributed by atoms with van der Waals surface area (Å²) in [6.07, 6.45) is 1.77. The Morgan fingerprint density at radius 2 is 2.00 bits per heavy atom. The van der Waals surface area contributed by atoms with E-state index in [1.165, 1.54) is 23.1 Å². The van der Waals surface area contributed by atoms with Crippen LogP contribution in [0.15, 0.2) is 75.5 Å². The SMILES string of the molecule is O=C(CSc1cccc2cccnc12)Nc1nc(-c2cccc(Br)c2)cs1. The van der Waals surface area contributed by atoms with Crippen molar-refractivity contribution in [2.75, 3.05) is 11.1 Å². The monoisotopic (exact) mass is 455 g/mol. The van der Waals surface area contributed by atoms with Crippen LogP contribution in [-0.2, 0) is 4.79 Å². The van der Waals surface area contributed by atoms with Crippen molar-refractivity contribution in [2.24, 2.45) is 0 Å². The number of amides is 1. The largest absolute Gasteiger partial charge is 0.301 e. The Kier molecular flexibility index (Phi) is 5.52. The van der Waals surface area contributed by atoms with Gasteiger partial charge in [-0.05, 0) is 24.3 Å². The molecule has 134 valence electrons. The molecule has 0 spiro atoms.